The smallest absolute Gasteiger partial charge is 0.306 e. The summed E-state index contributed by atoms with van der Waals surface area (Å²) >= 11 is 0. The van der Waals surface area contributed by atoms with E-state index >= 15 is 0 Å². The van der Waals surface area contributed by atoms with E-state index in [0.717, 1.165) is 0 Å². The topological polar surface area (TPSA) is 130 Å². The van der Waals surface area contributed by atoms with Gasteiger partial charge in [0.15, 0.2) is 0 Å². The summed E-state index contributed by atoms with van der Waals surface area (Å²) in [5.41, 5.74) is 0. The maximum Gasteiger partial charge on any atom is 0.306 e. The van der Waals surface area contributed by atoms with Gasteiger partial charge in [-0.05, 0) is 44.9 Å². The van der Waals surface area contributed by atoms with Gasteiger partial charge in [0.25, 0.3) is 0 Å². The predicted molar refractivity (Wildman–Crippen MR) is 86.4 cm³/mol. The maximum atomic E-state index is 12.6. The Balaban J connectivity index is 2.22. The lowest BCUT2D eigenvalue weighted by Gasteiger charge is -2.26. The summed E-state index contributed by atoms with van der Waals surface area (Å²) in [4.78, 5) is 10.3. The Labute approximate surface area is 141 Å². The van der Waals surface area contributed by atoms with Crippen molar-refractivity contribution in [1.82, 2.24) is 9.44 Å². The number of hydrogen-bond acceptors (Lipinski definition) is 5. The Kier molecular flexibility index (Phi) is 5.63. The van der Waals surface area contributed by atoms with Gasteiger partial charge in [-0.25, -0.2) is 26.3 Å². The zero-order chi connectivity index (χ0) is 18.0. The van der Waals surface area contributed by atoms with Crippen LogP contribution in [0.25, 0.3) is 0 Å². The van der Waals surface area contributed by atoms with Crippen LogP contribution < -0.4 is 9.44 Å². The summed E-state index contributed by atoms with van der Waals surface area (Å²) in [5, 5.41) is 8.98. The van der Waals surface area contributed by atoms with Gasteiger partial charge in [-0.2, -0.15) is 0 Å². The quantitative estimate of drug-likeness (QED) is 0.663. The lowest BCUT2D eigenvalue weighted by molar-refractivity contribution is -0.142. The van der Waals surface area contributed by atoms with Crippen molar-refractivity contribution >= 4 is 26.0 Å². The Morgan fingerprint density at radius 3 is 1.96 bits per heavy atom. The molecule has 1 fully saturated rings. The van der Waals surface area contributed by atoms with Crippen molar-refractivity contribution in [3.8, 4) is 0 Å². The summed E-state index contributed by atoms with van der Waals surface area (Å²) in [6.45, 7) is 0. The average molecular weight is 376 g/mol. The number of hydrogen-bond donors (Lipinski definition) is 3. The highest BCUT2D eigenvalue weighted by molar-refractivity contribution is 7.92. The number of carbonyl (C=O) groups is 1. The molecule has 0 bridgehead atoms. The van der Waals surface area contributed by atoms with E-state index in [9.17, 15) is 21.6 Å². The first-order chi connectivity index (χ1) is 11.2. The molecule has 0 heterocycles. The molecule has 0 atom stereocenters. The third-order valence-corrected chi connectivity index (χ3v) is 7.28. The zero-order valence-electron chi connectivity index (χ0n) is 13.1. The molecule has 1 aliphatic carbocycles. The molecule has 0 spiro atoms. The molecule has 3 N–H and O–H groups in total. The number of rotatable bonds is 6. The normalized spacial score (nSPS) is 22.2. The van der Waals surface area contributed by atoms with Gasteiger partial charge >= 0.3 is 5.97 Å². The Morgan fingerprint density at radius 2 is 1.50 bits per heavy atom. The summed E-state index contributed by atoms with van der Waals surface area (Å²) in [7, 11) is -6.75. The fraction of sp³-hybridized carbons (Fsp3) is 0.500. The first kappa shape index (κ1) is 18.8. The van der Waals surface area contributed by atoms with Crippen LogP contribution in [-0.2, 0) is 24.8 Å². The highest BCUT2D eigenvalue weighted by atomic mass is 32.2. The molecule has 2 rings (SSSR count). The van der Waals surface area contributed by atoms with Crippen molar-refractivity contribution in [2.24, 2.45) is 5.92 Å². The third-order valence-electron chi connectivity index (χ3n) is 4.10. The van der Waals surface area contributed by atoms with Gasteiger partial charge in [0.05, 0.1) is 5.92 Å². The number of nitrogens with one attached hydrogen (secondary N) is 2. The molecule has 0 unspecified atom stereocenters. The lowest BCUT2D eigenvalue weighted by atomic mass is 9.87. The summed E-state index contributed by atoms with van der Waals surface area (Å²) in [6, 6.07) is 4.94. The average Bonchev–Trinajstić information content (AvgIpc) is 2.55. The fourth-order valence-corrected chi connectivity index (χ4v) is 5.61. The summed E-state index contributed by atoms with van der Waals surface area (Å²) < 4.78 is 53.8. The van der Waals surface area contributed by atoms with E-state index in [-0.39, 0.29) is 9.79 Å². The van der Waals surface area contributed by atoms with E-state index < -0.39 is 38.0 Å². The highest BCUT2D eigenvalue weighted by Gasteiger charge is 2.31. The van der Waals surface area contributed by atoms with Crippen molar-refractivity contribution in [3.63, 3.8) is 0 Å². The zero-order valence-corrected chi connectivity index (χ0v) is 14.7. The minimum atomic E-state index is -4.04. The van der Waals surface area contributed by atoms with Crippen LogP contribution in [0.3, 0.4) is 0 Å². The molecule has 1 saturated carbocycles. The van der Waals surface area contributed by atoms with Crippen LogP contribution in [0.5, 0.6) is 0 Å². The number of aliphatic carboxylic acids is 1. The Hall–Kier alpha value is -1.49. The SMILES string of the molecule is CNS(=O)(=O)c1ccccc1S(=O)(=O)NC1CCC(C(=O)O)CC1. The van der Waals surface area contributed by atoms with Crippen LogP contribution in [0, 0.1) is 5.92 Å². The van der Waals surface area contributed by atoms with E-state index in [0.29, 0.717) is 25.7 Å². The Bertz CT molecular complexity index is 811. The third kappa shape index (κ3) is 4.12. The second-order valence-corrected chi connectivity index (χ2v) is 9.20. The molecule has 0 aliphatic heterocycles. The Morgan fingerprint density at radius 1 is 1.00 bits per heavy atom. The van der Waals surface area contributed by atoms with Crippen LogP contribution in [0.4, 0.5) is 0 Å². The van der Waals surface area contributed by atoms with Gasteiger partial charge in [-0.3, -0.25) is 4.79 Å². The number of sulfonamides is 2. The van der Waals surface area contributed by atoms with Crippen LogP contribution in [-0.4, -0.2) is 41.0 Å². The standard InChI is InChI=1S/C14H20N2O6S2/c1-15-23(19,20)12-4-2-3-5-13(12)24(21,22)16-11-8-6-10(7-9-11)14(17)18/h2-5,10-11,15-16H,6-9H2,1H3,(H,17,18). The van der Waals surface area contributed by atoms with E-state index in [1.54, 1.807) is 0 Å². The molecule has 1 aromatic carbocycles. The van der Waals surface area contributed by atoms with Crippen molar-refractivity contribution in [1.29, 1.82) is 0 Å². The molecule has 1 aromatic rings. The monoisotopic (exact) mass is 376 g/mol. The molecule has 0 radical (unpaired) electrons. The van der Waals surface area contributed by atoms with Gasteiger partial charge in [-0.1, -0.05) is 12.1 Å². The van der Waals surface area contributed by atoms with Crippen LogP contribution in [0.1, 0.15) is 25.7 Å². The molecule has 0 saturated heterocycles. The molecule has 24 heavy (non-hydrogen) atoms. The number of benzene rings is 1. The van der Waals surface area contributed by atoms with E-state index in [4.69, 9.17) is 5.11 Å². The molecule has 8 nitrogen and oxygen atoms in total. The molecule has 134 valence electrons. The summed E-state index contributed by atoms with van der Waals surface area (Å²) in [5.74, 6) is -1.33. The number of carboxylic acids is 1. The first-order valence-electron chi connectivity index (χ1n) is 7.45. The number of carboxylic acid groups (broad SMARTS) is 1. The van der Waals surface area contributed by atoms with Crippen molar-refractivity contribution < 1.29 is 26.7 Å². The molecule has 0 amide bonds. The van der Waals surface area contributed by atoms with E-state index in [1.165, 1.54) is 31.3 Å². The highest BCUT2D eigenvalue weighted by Crippen LogP contribution is 2.27. The lowest BCUT2D eigenvalue weighted by Crippen LogP contribution is -2.39. The van der Waals surface area contributed by atoms with Crippen LogP contribution in [0.15, 0.2) is 34.1 Å². The fourth-order valence-electron chi connectivity index (χ4n) is 2.75. The van der Waals surface area contributed by atoms with Gasteiger partial charge in [-0.15, -0.1) is 0 Å². The summed E-state index contributed by atoms with van der Waals surface area (Å²) in [6.07, 6.45) is 1.58. The molecular formula is C14H20N2O6S2. The van der Waals surface area contributed by atoms with Crippen LogP contribution in [0.2, 0.25) is 0 Å². The maximum absolute atomic E-state index is 12.6. The minimum absolute atomic E-state index is 0.320. The van der Waals surface area contributed by atoms with Crippen LogP contribution >= 0.6 is 0 Å². The molecule has 0 aromatic heterocycles. The van der Waals surface area contributed by atoms with E-state index in [1.807, 2.05) is 0 Å². The van der Waals surface area contributed by atoms with Gasteiger partial charge in [0, 0.05) is 6.04 Å². The molecule has 1 aliphatic rings. The predicted octanol–water partition coefficient (Wildman–Crippen LogP) is 0.516. The van der Waals surface area contributed by atoms with Gasteiger partial charge in [0.1, 0.15) is 9.79 Å². The molecule has 10 heteroatoms. The molecular weight excluding hydrogens is 356 g/mol. The van der Waals surface area contributed by atoms with Crippen molar-refractivity contribution in [3.05, 3.63) is 24.3 Å². The first-order valence-corrected chi connectivity index (χ1v) is 10.4. The largest absolute Gasteiger partial charge is 0.481 e. The van der Waals surface area contributed by atoms with E-state index in [2.05, 4.69) is 9.44 Å². The van der Waals surface area contributed by atoms with Crippen molar-refractivity contribution in [2.45, 2.75) is 41.5 Å². The minimum Gasteiger partial charge on any atom is -0.481 e. The van der Waals surface area contributed by atoms with Gasteiger partial charge in [0.2, 0.25) is 20.0 Å². The second-order valence-electron chi connectivity index (χ2n) is 5.66. The second kappa shape index (κ2) is 7.18. The van der Waals surface area contributed by atoms with Crippen molar-refractivity contribution in [2.75, 3.05) is 7.05 Å². The van der Waals surface area contributed by atoms with Gasteiger partial charge < -0.3 is 5.11 Å².